The highest BCUT2D eigenvalue weighted by atomic mass is 35.5. The topological polar surface area (TPSA) is 74.2 Å². The maximum absolute atomic E-state index is 12.3. The van der Waals surface area contributed by atoms with E-state index in [1.807, 2.05) is 38.1 Å². The van der Waals surface area contributed by atoms with Crippen LogP contribution in [0.1, 0.15) is 41.4 Å². The third-order valence-corrected chi connectivity index (χ3v) is 6.22. The lowest BCUT2D eigenvalue weighted by Gasteiger charge is -2.21. The van der Waals surface area contributed by atoms with E-state index < -0.39 is 0 Å². The number of hydrogen-bond donors (Lipinski definition) is 2. The summed E-state index contributed by atoms with van der Waals surface area (Å²) in [6.45, 7) is 5.54. The molecule has 0 unspecified atom stereocenters. The molecule has 172 valence electrons. The van der Waals surface area contributed by atoms with Crippen molar-refractivity contribution in [2.45, 2.75) is 39.4 Å². The number of H-pyrrole nitrogens is 1. The average Bonchev–Trinajstić information content (AvgIpc) is 3.42. The first-order valence-electron chi connectivity index (χ1n) is 10.9. The van der Waals surface area contributed by atoms with Crippen molar-refractivity contribution in [3.8, 4) is 0 Å². The molecule has 8 heteroatoms. The first-order valence-corrected chi connectivity index (χ1v) is 11.6. The Balaban J connectivity index is 1.53. The minimum Gasteiger partial charge on any atom is -0.447 e. The molecule has 4 aromatic rings. The highest BCUT2D eigenvalue weighted by Crippen LogP contribution is 2.27. The lowest BCUT2D eigenvalue weighted by atomic mass is 10.1. The Morgan fingerprint density at radius 1 is 1.12 bits per heavy atom. The molecule has 0 fully saturated rings. The van der Waals surface area contributed by atoms with Crippen LogP contribution in [0.5, 0.6) is 0 Å². The number of aromatic nitrogens is 2. The maximum Gasteiger partial charge on any atom is 0.273 e. The minimum absolute atomic E-state index is 0.0234. The van der Waals surface area contributed by atoms with Gasteiger partial charge in [0.1, 0.15) is 6.26 Å². The molecule has 4 rings (SSSR count). The van der Waals surface area contributed by atoms with Crippen molar-refractivity contribution in [3.63, 3.8) is 0 Å². The number of aromatic amines is 1. The van der Waals surface area contributed by atoms with Crippen molar-refractivity contribution in [3.05, 3.63) is 87.7 Å². The van der Waals surface area contributed by atoms with Gasteiger partial charge in [0.05, 0.1) is 16.6 Å². The molecule has 1 amide bonds. The van der Waals surface area contributed by atoms with Crippen LogP contribution in [0.15, 0.2) is 59.3 Å². The number of oxazole rings is 1. The van der Waals surface area contributed by atoms with Gasteiger partial charge in [0.15, 0.2) is 5.69 Å². The van der Waals surface area contributed by atoms with E-state index >= 15 is 0 Å². The number of nitrogens with zero attached hydrogens (tertiary/aromatic N) is 2. The molecule has 2 heterocycles. The molecular formula is C25H26Cl2N4O2. The summed E-state index contributed by atoms with van der Waals surface area (Å²) in [5.74, 6) is 0.226. The molecule has 0 bridgehead atoms. The summed E-state index contributed by atoms with van der Waals surface area (Å²) in [6.07, 6.45) is 4.27. The zero-order chi connectivity index (χ0) is 23.4. The molecule has 0 aliphatic rings. The number of fused-ring (bicyclic) bond motifs is 1. The standard InChI is InChI=1S/C25H26Cl2N4O2/c1-16(2)29-25(32)22-15-33-23(30-22)14-31(13-18-6-5-8-20(26)24(18)27)11-10-17-12-28-21-9-4-3-7-19(17)21/h3-9,12,15-16,28H,10-11,13-14H2,1-2H3,(H,29,32). The smallest absolute Gasteiger partial charge is 0.273 e. The summed E-state index contributed by atoms with van der Waals surface area (Å²) in [4.78, 5) is 22.2. The lowest BCUT2D eigenvalue weighted by molar-refractivity contribution is 0.0938. The predicted octanol–water partition coefficient (Wildman–Crippen LogP) is 5.85. The van der Waals surface area contributed by atoms with E-state index in [9.17, 15) is 4.79 Å². The zero-order valence-corrected chi connectivity index (χ0v) is 20.1. The van der Waals surface area contributed by atoms with Gasteiger partial charge in [-0.1, -0.05) is 53.5 Å². The Morgan fingerprint density at radius 2 is 1.94 bits per heavy atom. The number of rotatable bonds is 9. The van der Waals surface area contributed by atoms with Crippen molar-refractivity contribution in [1.82, 2.24) is 20.2 Å². The van der Waals surface area contributed by atoms with Gasteiger partial charge in [-0.25, -0.2) is 4.98 Å². The Morgan fingerprint density at radius 3 is 2.76 bits per heavy atom. The quantitative estimate of drug-likeness (QED) is 0.312. The Labute approximate surface area is 202 Å². The number of para-hydroxylation sites is 1. The van der Waals surface area contributed by atoms with Crippen molar-refractivity contribution in [2.75, 3.05) is 6.54 Å². The van der Waals surface area contributed by atoms with Gasteiger partial charge in [0.2, 0.25) is 5.89 Å². The fourth-order valence-corrected chi connectivity index (χ4v) is 4.14. The number of amides is 1. The molecule has 0 saturated heterocycles. The summed E-state index contributed by atoms with van der Waals surface area (Å²) < 4.78 is 5.62. The Hall–Kier alpha value is -2.80. The van der Waals surface area contributed by atoms with Crippen molar-refractivity contribution >= 4 is 40.0 Å². The van der Waals surface area contributed by atoms with Crippen molar-refractivity contribution in [1.29, 1.82) is 0 Å². The molecule has 2 aromatic heterocycles. The summed E-state index contributed by atoms with van der Waals surface area (Å²) in [7, 11) is 0. The third-order valence-electron chi connectivity index (χ3n) is 5.36. The van der Waals surface area contributed by atoms with Gasteiger partial charge >= 0.3 is 0 Å². The fourth-order valence-electron chi connectivity index (χ4n) is 3.76. The second-order valence-corrected chi connectivity index (χ2v) is 9.07. The minimum atomic E-state index is -0.247. The largest absolute Gasteiger partial charge is 0.447 e. The summed E-state index contributed by atoms with van der Waals surface area (Å²) >= 11 is 12.7. The number of carbonyl (C=O) groups excluding carboxylic acids is 1. The van der Waals surface area contributed by atoms with E-state index in [0.29, 0.717) is 29.0 Å². The van der Waals surface area contributed by atoms with E-state index in [1.54, 1.807) is 6.07 Å². The molecule has 0 spiro atoms. The van der Waals surface area contributed by atoms with Gasteiger partial charge < -0.3 is 14.7 Å². The zero-order valence-electron chi connectivity index (χ0n) is 18.6. The molecule has 2 aromatic carbocycles. The molecule has 0 saturated carbocycles. The highest BCUT2D eigenvalue weighted by Gasteiger charge is 2.18. The molecule has 33 heavy (non-hydrogen) atoms. The second-order valence-electron chi connectivity index (χ2n) is 8.29. The van der Waals surface area contributed by atoms with E-state index in [1.165, 1.54) is 17.2 Å². The van der Waals surface area contributed by atoms with Crippen molar-refractivity contribution in [2.24, 2.45) is 0 Å². The number of nitrogens with one attached hydrogen (secondary N) is 2. The number of benzene rings is 2. The predicted molar refractivity (Wildman–Crippen MR) is 132 cm³/mol. The third kappa shape index (κ3) is 5.77. The molecule has 0 aliphatic heterocycles. The number of carbonyl (C=O) groups is 1. The highest BCUT2D eigenvalue weighted by molar-refractivity contribution is 6.42. The van der Waals surface area contributed by atoms with Gasteiger partial charge in [-0.3, -0.25) is 9.69 Å². The van der Waals surface area contributed by atoms with Crippen LogP contribution in [0.4, 0.5) is 0 Å². The van der Waals surface area contributed by atoms with Crippen molar-refractivity contribution < 1.29 is 9.21 Å². The van der Waals surface area contributed by atoms with Gasteiger partial charge in [-0.2, -0.15) is 0 Å². The van der Waals surface area contributed by atoms with E-state index in [-0.39, 0.29) is 17.6 Å². The molecule has 0 atom stereocenters. The SMILES string of the molecule is CC(C)NC(=O)c1coc(CN(CCc2c[nH]c3ccccc23)Cc2cccc(Cl)c2Cl)n1. The van der Waals surface area contributed by atoms with Gasteiger partial charge in [-0.05, 0) is 43.5 Å². The van der Waals surface area contributed by atoms with Crippen LogP contribution in [0.2, 0.25) is 10.0 Å². The fraction of sp³-hybridized carbons (Fsp3) is 0.280. The van der Waals surface area contributed by atoms with Gasteiger partial charge in [0, 0.05) is 36.2 Å². The Kier molecular flexibility index (Phi) is 7.38. The van der Waals surface area contributed by atoms with E-state index in [2.05, 4.69) is 38.5 Å². The van der Waals surface area contributed by atoms with E-state index in [4.69, 9.17) is 27.6 Å². The van der Waals surface area contributed by atoms with Crippen LogP contribution >= 0.6 is 23.2 Å². The number of halogens is 2. The van der Waals surface area contributed by atoms with Gasteiger partial charge in [-0.15, -0.1) is 0 Å². The summed E-state index contributed by atoms with van der Waals surface area (Å²) in [5, 5.41) is 5.10. The average molecular weight is 485 g/mol. The molecule has 0 radical (unpaired) electrons. The lowest BCUT2D eigenvalue weighted by Crippen LogP contribution is -2.30. The van der Waals surface area contributed by atoms with Crippen LogP contribution in [0.25, 0.3) is 10.9 Å². The molecule has 6 nitrogen and oxygen atoms in total. The molecule has 2 N–H and O–H groups in total. The second kappa shape index (κ2) is 10.4. The normalized spacial score (nSPS) is 11.6. The Bertz CT molecular complexity index is 1250. The van der Waals surface area contributed by atoms with Crippen LogP contribution in [-0.4, -0.2) is 33.4 Å². The first-order chi connectivity index (χ1) is 15.9. The monoisotopic (exact) mass is 484 g/mol. The van der Waals surface area contributed by atoms with Crippen LogP contribution in [0.3, 0.4) is 0 Å². The first kappa shape index (κ1) is 23.4. The van der Waals surface area contributed by atoms with Crippen LogP contribution in [0, 0.1) is 0 Å². The van der Waals surface area contributed by atoms with E-state index in [0.717, 1.165) is 24.0 Å². The molecule has 0 aliphatic carbocycles. The van der Waals surface area contributed by atoms with Gasteiger partial charge in [0.25, 0.3) is 5.91 Å². The molecular weight excluding hydrogens is 459 g/mol. The number of hydrogen-bond acceptors (Lipinski definition) is 4. The maximum atomic E-state index is 12.3. The summed E-state index contributed by atoms with van der Waals surface area (Å²) in [6, 6.07) is 13.9. The van der Waals surface area contributed by atoms with Crippen LogP contribution in [-0.2, 0) is 19.5 Å². The van der Waals surface area contributed by atoms with Crippen LogP contribution < -0.4 is 5.32 Å². The summed E-state index contributed by atoms with van der Waals surface area (Å²) in [5.41, 5.74) is 3.55.